The van der Waals surface area contributed by atoms with Gasteiger partial charge in [0.25, 0.3) is 0 Å². The Morgan fingerprint density at radius 2 is 2.00 bits per heavy atom. The van der Waals surface area contributed by atoms with Crippen molar-refractivity contribution in [3.63, 3.8) is 0 Å². The zero-order valence-corrected chi connectivity index (χ0v) is 11.4. The average molecular weight is 315 g/mol. The van der Waals surface area contributed by atoms with E-state index in [1.54, 1.807) is 0 Å². The smallest absolute Gasteiger partial charge is 0.338 e. The van der Waals surface area contributed by atoms with E-state index in [1.165, 1.54) is 17.5 Å². The van der Waals surface area contributed by atoms with E-state index in [0.29, 0.717) is 0 Å². The van der Waals surface area contributed by atoms with Gasteiger partial charge in [0.2, 0.25) is 0 Å². The number of carbonyl (C=O) groups is 2. The average Bonchev–Trinajstić information content (AvgIpc) is 2.82. The van der Waals surface area contributed by atoms with Crippen LogP contribution in [-0.4, -0.2) is 17.1 Å². The number of nitrogens with one attached hydrogen (secondary N) is 2. The first-order valence-corrected chi connectivity index (χ1v) is 6.57. The lowest BCUT2D eigenvalue weighted by molar-refractivity contribution is 0.0698. The Morgan fingerprint density at radius 1 is 1.25 bits per heavy atom. The van der Waals surface area contributed by atoms with Crippen LogP contribution in [0.4, 0.5) is 19.9 Å². The second-order valence-corrected chi connectivity index (χ2v) is 5.00. The highest BCUT2D eigenvalue weighted by atomic mass is 35.5. The third-order valence-corrected chi connectivity index (χ3v) is 3.46. The molecule has 104 valence electrons. The molecule has 0 saturated carbocycles. The van der Waals surface area contributed by atoms with Crippen LogP contribution in [0.25, 0.3) is 0 Å². The number of benzene rings is 1. The largest absolute Gasteiger partial charge is 0.478 e. The maximum atomic E-state index is 13.0. The Labute approximate surface area is 122 Å². The predicted octanol–water partition coefficient (Wildman–Crippen LogP) is 3.88. The lowest BCUT2D eigenvalue weighted by atomic mass is 10.3. The molecular formula is C12H8ClFN2O3S. The third-order valence-electron chi connectivity index (χ3n) is 2.30. The molecule has 0 unspecified atom stereocenters. The summed E-state index contributed by atoms with van der Waals surface area (Å²) < 4.78 is 13.0. The van der Waals surface area contributed by atoms with Crippen LogP contribution >= 0.6 is 22.9 Å². The highest BCUT2D eigenvalue weighted by molar-refractivity contribution is 7.14. The Hall–Kier alpha value is -2.12. The molecule has 20 heavy (non-hydrogen) atoms. The van der Waals surface area contributed by atoms with Gasteiger partial charge in [0.15, 0.2) is 0 Å². The van der Waals surface area contributed by atoms with Gasteiger partial charge in [0.1, 0.15) is 10.8 Å². The van der Waals surface area contributed by atoms with Gasteiger partial charge in [0, 0.05) is 0 Å². The van der Waals surface area contributed by atoms with Crippen molar-refractivity contribution in [3.8, 4) is 0 Å². The summed E-state index contributed by atoms with van der Waals surface area (Å²) in [6.07, 6.45) is 0. The molecule has 2 amide bonds. The lowest BCUT2D eigenvalue weighted by Gasteiger charge is -2.08. The highest BCUT2D eigenvalue weighted by Crippen LogP contribution is 2.25. The van der Waals surface area contributed by atoms with Crippen molar-refractivity contribution in [1.82, 2.24) is 0 Å². The SMILES string of the molecule is O=C(Nc1cc(F)ccc1Cl)Nc1sccc1C(=O)O. The topological polar surface area (TPSA) is 78.4 Å². The molecule has 1 aromatic heterocycles. The number of carboxylic acid groups (broad SMARTS) is 1. The van der Waals surface area contributed by atoms with E-state index in [0.717, 1.165) is 23.5 Å². The number of urea groups is 1. The molecule has 3 N–H and O–H groups in total. The Kier molecular flexibility index (Phi) is 4.21. The van der Waals surface area contributed by atoms with Gasteiger partial charge in [-0.3, -0.25) is 5.32 Å². The van der Waals surface area contributed by atoms with Crippen LogP contribution in [0.1, 0.15) is 10.4 Å². The molecule has 0 fully saturated rings. The van der Waals surface area contributed by atoms with Crippen molar-refractivity contribution >= 4 is 45.6 Å². The first kappa shape index (κ1) is 14.3. The van der Waals surface area contributed by atoms with E-state index < -0.39 is 17.8 Å². The fourth-order valence-electron chi connectivity index (χ4n) is 1.42. The number of hydrogen-bond donors (Lipinski definition) is 3. The first-order chi connectivity index (χ1) is 9.47. The number of carboxylic acids is 1. The number of thiophene rings is 1. The number of halogens is 2. The van der Waals surface area contributed by atoms with Gasteiger partial charge in [-0.25, -0.2) is 14.0 Å². The Bertz CT molecular complexity index is 674. The fraction of sp³-hybridized carbons (Fsp3) is 0. The van der Waals surface area contributed by atoms with Crippen LogP contribution in [0.2, 0.25) is 5.02 Å². The summed E-state index contributed by atoms with van der Waals surface area (Å²) >= 11 is 6.87. The summed E-state index contributed by atoms with van der Waals surface area (Å²) in [5, 5.41) is 15.5. The summed E-state index contributed by atoms with van der Waals surface area (Å²) in [5.41, 5.74) is 0.0769. The molecule has 5 nitrogen and oxygen atoms in total. The molecule has 0 aliphatic heterocycles. The molecule has 1 heterocycles. The molecule has 0 aliphatic rings. The van der Waals surface area contributed by atoms with E-state index in [2.05, 4.69) is 10.6 Å². The molecule has 0 bridgehead atoms. The molecule has 0 aliphatic carbocycles. The van der Waals surface area contributed by atoms with E-state index >= 15 is 0 Å². The van der Waals surface area contributed by atoms with Crippen molar-refractivity contribution < 1.29 is 19.1 Å². The van der Waals surface area contributed by atoms with E-state index in [4.69, 9.17) is 16.7 Å². The lowest BCUT2D eigenvalue weighted by Crippen LogP contribution is -2.20. The van der Waals surface area contributed by atoms with Crippen LogP contribution < -0.4 is 10.6 Å². The molecule has 1 aromatic carbocycles. The molecule has 0 atom stereocenters. The molecule has 0 spiro atoms. The number of aromatic carboxylic acids is 1. The summed E-state index contributed by atoms with van der Waals surface area (Å²) in [6, 6.07) is 4.20. The number of amides is 2. The minimum Gasteiger partial charge on any atom is -0.478 e. The standard InChI is InChI=1S/C12H8ClFN2O3S/c13-8-2-1-6(14)5-9(8)15-12(19)16-10-7(11(17)18)3-4-20-10/h1-5H,(H,17,18)(H2,15,16,19). The van der Waals surface area contributed by atoms with Crippen molar-refractivity contribution in [1.29, 1.82) is 0 Å². The summed E-state index contributed by atoms with van der Waals surface area (Å²) in [4.78, 5) is 22.6. The van der Waals surface area contributed by atoms with Crippen LogP contribution in [0, 0.1) is 5.82 Å². The van der Waals surface area contributed by atoms with Crippen molar-refractivity contribution in [2.45, 2.75) is 0 Å². The van der Waals surface area contributed by atoms with Crippen LogP contribution in [0.5, 0.6) is 0 Å². The minimum atomic E-state index is -1.15. The maximum Gasteiger partial charge on any atom is 0.338 e. The van der Waals surface area contributed by atoms with Gasteiger partial charge in [0.05, 0.1) is 16.3 Å². The highest BCUT2D eigenvalue weighted by Gasteiger charge is 2.14. The molecular weight excluding hydrogens is 307 g/mol. The summed E-state index contributed by atoms with van der Waals surface area (Å²) in [5.74, 6) is -1.70. The third kappa shape index (κ3) is 3.25. The molecule has 0 saturated heterocycles. The van der Waals surface area contributed by atoms with Crippen molar-refractivity contribution in [3.05, 3.63) is 46.0 Å². The van der Waals surface area contributed by atoms with Gasteiger partial charge in [-0.15, -0.1) is 11.3 Å². The maximum absolute atomic E-state index is 13.0. The van der Waals surface area contributed by atoms with Gasteiger partial charge < -0.3 is 10.4 Å². The number of carbonyl (C=O) groups excluding carboxylic acids is 1. The van der Waals surface area contributed by atoms with Crippen LogP contribution in [0.3, 0.4) is 0 Å². The van der Waals surface area contributed by atoms with Crippen LogP contribution in [0.15, 0.2) is 29.6 Å². The first-order valence-electron chi connectivity index (χ1n) is 5.31. The Balaban J connectivity index is 2.11. The Morgan fingerprint density at radius 3 is 2.70 bits per heavy atom. The monoisotopic (exact) mass is 314 g/mol. The molecule has 0 radical (unpaired) electrons. The van der Waals surface area contributed by atoms with E-state index in [-0.39, 0.29) is 21.3 Å². The van der Waals surface area contributed by atoms with Crippen molar-refractivity contribution in [2.75, 3.05) is 10.6 Å². The minimum absolute atomic E-state index is 0.0181. The predicted molar refractivity (Wildman–Crippen MR) is 75.3 cm³/mol. The second-order valence-electron chi connectivity index (χ2n) is 3.67. The number of anilines is 2. The second kappa shape index (κ2) is 5.89. The van der Waals surface area contributed by atoms with E-state index in [9.17, 15) is 14.0 Å². The van der Waals surface area contributed by atoms with Gasteiger partial charge in [-0.2, -0.15) is 0 Å². The summed E-state index contributed by atoms with van der Waals surface area (Å²) in [6.45, 7) is 0. The van der Waals surface area contributed by atoms with Gasteiger partial charge in [-0.1, -0.05) is 11.6 Å². The number of rotatable bonds is 3. The van der Waals surface area contributed by atoms with Crippen LogP contribution in [-0.2, 0) is 0 Å². The quantitative estimate of drug-likeness (QED) is 0.804. The van der Waals surface area contributed by atoms with Gasteiger partial charge in [-0.05, 0) is 29.6 Å². The van der Waals surface area contributed by atoms with Crippen molar-refractivity contribution in [2.24, 2.45) is 0 Å². The normalized spacial score (nSPS) is 10.1. The molecule has 2 aromatic rings. The number of hydrogen-bond acceptors (Lipinski definition) is 3. The molecule has 2 rings (SSSR count). The molecule has 8 heteroatoms. The van der Waals surface area contributed by atoms with Gasteiger partial charge >= 0.3 is 12.0 Å². The zero-order chi connectivity index (χ0) is 14.7. The van der Waals surface area contributed by atoms with E-state index in [1.807, 2.05) is 0 Å². The zero-order valence-electron chi connectivity index (χ0n) is 9.81. The fourth-order valence-corrected chi connectivity index (χ4v) is 2.36. The summed E-state index contributed by atoms with van der Waals surface area (Å²) in [7, 11) is 0.